The van der Waals surface area contributed by atoms with E-state index >= 15 is 0 Å². The predicted molar refractivity (Wildman–Crippen MR) is 116 cm³/mol. The van der Waals surface area contributed by atoms with Crippen molar-refractivity contribution in [2.75, 3.05) is 26.4 Å². The average Bonchev–Trinajstić information content (AvgIpc) is 2.70. The van der Waals surface area contributed by atoms with Gasteiger partial charge in [0.15, 0.2) is 0 Å². The molecule has 0 radical (unpaired) electrons. The highest BCUT2D eigenvalue weighted by molar-refractivity contribution is 9.10. The van der Waals surface area contributed by atoms with Crippen molar-refractivity contribution in [3.05, 3.63) is 52.5 Å². The van der Waals surface area contributed by atoms with Gasteiger partial charge < -0.3 is 14.2 Å². The van der Waals surface area contributed by atoms with Gasteiger partial charge in [-0.2, -0.15) is 0 Å². The fourth-order valence-corrected chi connectivity index (χ4v) is 3.07. The molecule has 152 valence electrons. The molecule has 0 aliphatic rings. The number of hydrogen-bond acceptors (Lipinski definition) is 4. The lowest BCUT2D eigenvalue weighted by Crippen LogP contribution is -2.11. The minimum atomic E-state index is -0.346. The summed E-state index contributed by atoms with van der Waals surface area (Å²) in [6.45, 7) is 6.36. The average molecular weight is 449 g/mol. The molecule has 0 unspecified atom stereocenters. The molecule has 0 bridgehead atoms. The molecule has 0 saturated carbocycles. The van der Waals surface area contributed by atoms with E-state index in [-0.39, 0.29) is 12.6 Å². The van der Waals surface area contributed by atoms with Gasteiger partial charge in [0.2, 0.25) is 0 Å². The molecule has 0 atom stereocenters. The van der Waals surface area contributed by atoms with Gasteiger partial charge in [-0.3, -0.25) is 0 Å². The summed E-state index contributed by atoms with van der Waals surface area (Å²) in [7, 11) is 0. The monoisotopic (exact) mass is 448 g/mol. The maximum absolute atomic E-state index is 12.4. The lowest BCUT2D eigenvalue weighted by Gasteiger charge is -2.10. The molecular formula is C23H29BrO4. The molecule has 0 saturated heterocycles. The van der Waals surface area contributed by atoms with E-state index in [0.717, 1.165) is 53.6 Å². The Morgan fingerprint density at radius 1 is 0.857 bits per heavy atom. The minimum Gasteiger partial charge on any atom is -0.494 e. The number of esters is 1. The molecule has 0 aliphatic carbocycles. The topological polar surface area (TPSA) is 44.8 Å². The van der Waals surface area contributed by atoms with Crippen molar-refractivity contribution in [2.45, 2.75) is 39.5 Å². The molecule has 0 N–H and O–H groups in total. The summed E-state index contributed by atoms with van der Waals surface area (Å²) in [5.41, 5.74) is 2.47. The van der Waals surface area contributed by atoms with Crippen LogP contribution in [-0.4, -0.2) is 32.4 Å². The Bertz CT molecular complexity index is 728. The fourth-order valence-electron chi connectivity index (χ4n) is 2.58. The number of unbranched alkanes of at least 4 members (excludes halogenated alkanes) is 2. The van der Waals surface area contributed by atoms with E-state index < -0.39 is 0 Å². The van der Waals surface area contributed by atoms with Gasteiger partial charge in [0.1, 0.15) is 12.4 Å². The lowest BCUT2D eigenvalue weighted by atomic mass is 10.0. The Balaban J connectivity index is 1.97. The molecule has 2 rings (SSSR count). The SMILES string of the molecule is CCCCOCCOC(=O)c1cc(Br)cc(-c2ccc(OCCCC)cc2)c1. The zero-order valence-corrected chi connectivity index (χ0v) is 18.3. The van der Waals surface area contributed by atoms with Crippen LogP contribution in [0.15, 0.2) is 46.9 Å². The number of hydrogen-bond donors (Lipinski definition) is 0. The first-order valence-electron chi connectivity index (χ1n) is 9.92. The first kappa shape index (κ1) is 22.4. The summed E-state index contributed by atoms with van der Waals surface area (Å²) in [6, 6.07) is 13.5. The van der Waals surface area contributed by atoms with Crippen LogP contribution in [0.4, 0.5) is 0 Å². The van der Waals surface area contributed by atoms with Gasteiger partial charge in [0.05, 0.1) is 18.8 Å². The number of ether oxygens (including phenoxy) is 3. The largest absolute Gasteiger partial charge is 0.494 e. The molecule has 0 aliphatic heterocycles. The lowest BCUT2D eigenvalue weighted by molar-refractivity contribution is 0.0314. The summed E-state index contributed by atoms with van der Waals surface area (Å²) in [4.78, 5) is 12.4. The molecule has 4 nitrogen and oxygen atoms in total. The van der Waals surface area contributed by atoms with Crippen LogP contribution in [0.3, 0.4) is 0 Å². The van der Waals surface area contributed by atoms with Gasteiger partial charge in [-0.1, -0.05) is 54.8 Å². The fraction of sp³-hybridized carbons (Fsp3) is 0.435. The van der Waals surface area contributed by atoms with E-state index in [9.17, 15) is 4.79 Å². The Labute approximate surface area is 176 Å². The van der Waals surface area contributed by atoms with Crippen LogP contribution in [0.5, 0.6) is 5.75 Å². The number of benzene rings is 2. The van der Waals surface area contributed by atoms with E-state index in [0.29, 0.717) is 18.8 Å². The number of carbonyl (C=O) groups excluding carboxylic acids is 1. The third-order valence-electron chi connectivity index (χ3n) is 4.19. The van der Waals surface area contributed by atoms with Crippen molar-refractivity contribution < 1.29 is 19.0 Å². The van der Waals surface area contributed by atoms with Crippen LogP contribution in [-0.2, 0) is 9.47 Å². The van der Waals surface area contributed by atoms with E-state index in [1.807, 2.05) is 36.4 Å². The molecule has 5 heteroatoms. The van der Waals surface area contributed by atoms with Crippen LogP contribution in [0.1, 0.15) is 49.9 Å². The molecule has 28 heavy (non-hydrogen) atoms. The second-order valence-corrected chi connectivity index (χ2v) is 7.47. The summed E-state index contributed by atoms with van der Waals surface area (Å²) >= 11 is 3.49. The predicted octanol–water partition coefficient (Wildman–Crippen LogP) is 6.27. The molecule has 0 aromatic heterocycles. The third kappa shape index (κ3) is 7.64. The van der Waals surface area contributed by atoms with Gasteiger partial charge in [0, 0.05) is 11.1 Å². The van der Waals surface area contributed by atoms with Crippen molar-refractivity contribution in [3.63, 3.8) is 0 Å². The van der Waals surface area contributed by atoms with Gasteiger partial charge >= 0.3 is 5.97 Å². The smallest absolute Gasteiger partial charge is 0.338 e. The van der Waals surface area contributed by atoms with Gasteiger partial charge in [0.25, 0.3) is 0 Å². The highest BCUT2D eigenvalue weighted by Gasteiger charge is 2.11. The minimum absolute atomic E-state index is 0.258. The van der Waals surface area contributed by atoms with Gasteiger partial charge in [-0.25, -0.2) is 4.79 Å². The van der Waals surface area contributed by atoms with E-state index in [4.69, 9.17) is 14.2 Å². The van der Waals surface area contributed by atoms with Gasteiger partial charge in [-0.15, -0.1) is 0 Å². The quantitative estimate of drug-likeness (QED) is 0.283. The van der Waals surface area contributed by atoms with Crippen molar-refractivity contribution in [2.24, 2.45) is 0 Å². The highest BCUT2D eigenvalue weighted by Crippen LogP contribution is 2.27. The molecule has 0 spiro atoms. The Kier molecular flexibility index (Phi) is 10.1. The third-order valence-corrected chi connectivity index (χ3v) is 4.65. The highest BCUT2D eigenvalue weighted by atomic mass is 79.9. The number of halogens is 1. The zero-order chi connectivity index (χ0) is 20.2. The van der Waals surface area contributed by atoms with E-state index in [2.05, 4.69) is 29.8 Å². The summed E-state index contributed by atoms with van der Waals surface area (Å²) in [6.07, 6.45) is 4.26. The van der Waals surface area contributed by atoms with E-state index in [1.165, 1.54) is 0 Å². The summed E-state index contributed by atoms with van der Waals surface area (Å²) in [5, 5.41) is 0. The Hall–Kier alpha value is -1.85. The summed E-state index contributed by atoms with van der Waals surface area (Å²) < 4.78 is 17.3. The maximum atomic E-state index is 12.4. The Morgan fingerprint density at radius 2 is 1.57 bits per heavy atom. The van der Waals surface area contributed by atoms with Crippen LogP contribution < -0.4 is 4.74 Å². The molecule has 2 aromatic carbocycles. The van der Waals surface area contributed by atoms with Crippen molar-refractivity contribution in [3.8, 4) is 16.9 Å². The first-order chi connectivity index (χ1) is 13.6. The number of rotatable bonds is 12. The van der Waals surface area contributed by atoms with Crippen molar-refractivity contribution >= 4 is 21.9 Å². The normalized spacial score (nSPS) is 10.7. The van der Waals surface area contributed by atoms with E-state index in [1.54, 1.807) is 6.07 Å². The van der Waals surface area contributed by atoms with Crippen molar-refractivity contribution in [1.82, 2.24) is 0 Å². The molecular weight excluding hydrogens is 420 g/mol. The molecule has 0 amide bonds. The first-order valence-corrected chi connectivity index (χ1v) is 10.7. The Morgan fingerprint density at radius 3 is 2.29 bits per heavy atom. The zero-order valence-electron chi connectivity index (χ0n) is 16.7. The second kappa shape index (κ2) is 12.6. The molecule has 0 fully saturated rings. The van der Waals surface area contributed by atoms with Crippen LogP contribution in [0.25, 0.3) is 11.1 Å². The molecule has 0 heterocycles. The van der Waals surface area contributed by atoms with Crippen molar-refractivity contribution in [1.29, 1.82) is 0 Å². The van der Waals surface area contributed by atoms with Gasteiger partial charge in [-0.05, 0) is 54.3 Å². The number of carbonyl (C=O) groups is 1. The van der Waals surface area contributed by atoms with Crippen LogP contribution in [0.2, 0.25) is 0 Å². The molecule has 2 aromatic rings. The standard InChI is InChI=1S/C23H29BrO4/c1-3-5-11-26-13-14-28-23(25)20-15-19(16-21(24)17-20)18-7-9-22(10-8-18)27-12-6-4-2/h7-10,15-17H,3-6,11-14H2,1-2H3. The maximum Gasteiger partial charge on any atom is 0.338 e. The summed E-state index contributed by atoms with van der Waals surface area (Å²) in [5.74, 6) is 0.510. The van der Waals surface area contributed by atoms with Crippen LogP contribution in [0, 0.1) is 0 Å². The second-order valence-electron chi connectivity index (χ2n) is 6.56. The van der Waals surface area contributed by atoms with Crippen LogP contribution >= 0.6 is 15.9 Å².